The highest BCUT2D eigenvalue weighted by Crippen LogP contribution is 2.32. The minimum atomic E-state index is 0.327. The maximum Gasteiger partial charge on any atom is 0.0586 e. The third kappa shape index (κ3) is 2.58. The molecule has 1 saturated carbocycles. The molecule has 16 heavy (non-hydrogen) atoms. The van der Waals surface area contributed by atoms with Gasteiger partial charge in [-0.2, -0.15) is 0 Å². The highest BCUT2D eigenvalue weighted by molar-refractivity contribution is 4.90. The van der Waals surface area contributed by atoms with Gasteiger partial charge in [-0.1, -0.05) is 19.3 Å². The number of aliphatic hydroxyl groups is 1. The normalized spacial score (nSPS) is 37.5. The van der Waals surface area contributed by atoms with E-state index in [1.165, 1.54) is 51.5 Å². The predicted octanol–water partition coefficient (Wildman–Crippen LogP) is 1.35. The maximum absolute atomic E-state index is 9.53. The van der Waals surface area contributed by atoms with Gasteiger partial charge in [0.15, 0.2) is 0 Å². The molecule has 1 aliphatic carbocycles. The highest BCUT2D eigenvalue weighted by atomic mass is 16.3. The van der Waals surface area contributed by atoms with Crippen molar-refractivity contribution in [3.05, 3.63) is 0 Å². The summed E-state index contributed by atoms with van der Waals surface area (Å²) in [6.45, 7) is 2.32. The molecule has 3 atom stereocenters. The molecule has 1 aliphatic heterocycles. The van der Waals surface area contributed by atoms with Crippen LogP contribution in [0.2, 0.25) is 0 Å². The summed E-state index contributed by atoms with van der Waals surface area (Å²) in [7, 11) is 0. The van der Waals surface area contributed by atoms with E-state index in [9.17, 15) is 5.11 Å². The van der Waals surface area contributed by atoms with Gasteiger partial charge in [0.1, 0.15) is 0 Å². The van der Waals surface area contributed by atoms with E-state index in [4.69, 9.17) is 5.73 Å². The van der Waals surface area contributed by atoms with Crippen molar-refractivity contribution in [2.24, 2.45) is 11.7 Å². The summed E-state index contributed by atoms with van der Waals surface area (Å²) in [5.41, 5.74) is 5.87. The van der Waals surface area contributed by atoms with Gasteiger partial charge in [-0.25, -0.2) is 0 Å². The Labute approximate surface area is 99.0 Å². The zero-order valence-corrected chi connectivity index (χ0v) is 10.3. The first kappa shape index (κ1) is 12.3. The smallest absolute Gasteiger partial charge is 0.0586 e. The van der Waals surface area contributed by atoms with Crippen LogP contribution in [0.15, 0.2) is 0 Å². The molecule has 3 heteroatoms. The van der Waals surface area contributed by atoms with Crippen LogP contribution in [0.1, 0.15) is 44.9 Å². The molecule has 1 saturated heterocycles. The predicted molar refractivity (Wildman–Crippen MR) is 66.2 cm³/mol. The fourth-order valence-electron chi connectivity index (χ4n) is 3.56. The molecule has 2 rings (SSSR count). The Morgan fingerprint density at radius 3 is 2.69 bits per heavy atom. The van der Waals surface area contributed by atoms with E-state index < -0.39 is 0 Å². The first-order chi connectivity index (χ1) is 7.86. The van der Waals surface area contributed by atoms with Gasteiger partial charge in [-0.3, -0.25) is 4.90 Å². The summed E-state index contributed by atoms with van der Waals surface area (Å²) in [6.07, 6.45) is 8.97. The molecule has 3 unspecified atom stereocenters. The number of hydrogen-bond donors (Lipinski definition) is 2. The molecule has 0 radical (unpaired) electrons. The Bertz CT molecular complexity index is 210. The van der Waals surface area contributed by atoms with Crippen molar-refractivity contribution in [3.63, 3.8) is 0 Å². The number of hydrogen-bond acceptors (Lipinski definition) is 3. The summed E-state index contributed by atoms with van der Waals surface area (Å²) in [4.78, 5) is 2.58. The molecule has 0 aromatic rings. The molecule has 94 valence electrons. The van der Waals surface area contributed by atoms with Crippen molar-refractivity contribution in [1.82, 2.24) is 4.90 Å². The highest BCUT2D eigenvalue weighted by Gasteiger charge is 2.34. The van der Waals surface area contributed by atoms with Gasteiger partial charge in [0.2, 0.25) is 0 Å². The van der Waals surface area contributed by atoms with E-state index in [1.54, 1.807) is 0 Å². The number of nitrogens with two attached hydrogens (primary N) is 1. The summed E-state index contributed by atoms with van der Waals surface area (Å²) in [5.74, 6) is 0.673. The quantitative estimate of drug-likeness (QED) is 0.764. The fraction of sp³-hybridized carbons (Fsp3) is 1.00. The van der Waals surface area contributed by atoms with Gasteiger partial charge < -0.3 is 10.8 Å². The maximum atomic E-state index is 9.53. The van der Waals surface area contributed by atoms with Crippen molar-refractivity contribution in [1.29, 1.82) is 0 Å². The van der Waals surface area contributed by atoms with Crippen molar-refractivity contribution in [2.75, 3.05) is 19.7 Å². The Morgan fingerprint density at radius 2 is 1.94 bits per heavy atom. The summed E-state index contributed by atoms with van der Waals surface area (Å²) >= 11 is 0. The third-order valence-corrected chi connectivity index (χ3v) is 4.48. The zero-order valence-electron chi connectivity index (χ0n) is 10.3. The zero-order chi connectivity index (χ0) is 11.4. The molecule has 0 spiro atoms. The van der Waals surface area contributed by atoms with Crippen molar-refractivity contribution < 1.29 is 5.11 Å². The molecular formula is C13H26N2O. The molecule has 0 aromatic carbocycles. The summed E-state index contributed by atoms with van der Waals surface area (Å²) < 4.78 is 0. The molecule has 0 amide bonds. The van der Waals surface area contributed by atoms with Crippen LogP contribution in [0.25, 0.3) is 0 Å². The van der Waals surface area contributed by atoms with Crippen LogP contribution in [0, 0.1) is 5.92 Å². The average Bonchev–Trinajstić information content (AvgIpc) is 2.66. The number of nitrogens with zero attached hydrogens (tertiary/aromatic N) is 1. The minimum Gasteiger partial charge on any atom is -0.395 e. The molecule has 0 aromatic heterocycles. The molecular weight excluding hydrogens is 200 g/mol. The van der Waals surface area contributed by atoms with Crippen LogP contribution in [-0.2, 0) is 0 Å². The van der Waals surface area contributed by atoms with Crippen molar-refractivity contribution in [2.45, 2.75) is 57.0 Å². The van der Waals surface area contributed by atoms with Crippen LogP contribution in [0.3, 0.4) is 0 Å². The Morgan fingerprint density at radius 1 is 1.06 bits per heavy atom. The van der Waals surface area contributed by atoms with Gasteiger partial charge >= 0.3 is 0 Å². The number of likely N-dealkylation sites (tertiary alicyclic amines) is 1. The largest absolute Gasteiger partial charge is 0.395 e. The summed E-state index contributed by atoms with van der Waals surface area (Å²) in [6, 6.07) is 1.06. The minimum absolute atomic E-state index is 0.327. The van der Waals surface area contributed by atoms with Crippen LogP contribution in [-0.4, -0.2) is 41.8 Å². The van der Waals surface area contributed by atoms with Gasteiger partial charge in [0.05, 0.1) is 6.61 Å². The average molecular weight is 226 g/mol. The van der Waals surface area contributed by atoms with E-state index >= 15 is 0 Å². The Balaban J connectivity index is 2.03. The molecule has 2 fully saturated rings. The van der Waals surface area contributed by atoms with Gasteiger partial charge in [0, 0.05) is 12.1 Å². The van der Waals surface area contributed by atoms with Crippen LogP contribution in [0.5, 0.6) is 0 Å². The second kappa shape index (κ2) is 5.99. The van der Waals surface area contributed by atoms with E-state index in [0.717, 1.165) is 6.54 Å². The first-order valence-electron chi connectivity index (χ1n) is 6.93. The lowest BCUT2D eigenvalue weighted by atomic mass is 10.00. The standard InChI is InChI=1S/C13H26N2O/c14-9-11-5-4-7-13(11)15-8-3-1-2-6-12(15)10-16/h11-13,16H,1-10,14H2. The van der Waals surface area contributed by atoms with Gasteiger partial charge in [0.25, 0.3) is 0 Å². The summed E-state index contributed by atoms with van der Waals surface area (Å²) in [5, 5.41) is 9.53. The Hall–Kier alpha value is -0.120. The first-order valence-corrected chi connectivity index (χ1v) is 6.93. The van der Waals surface area contributed by atoms with Crippen molar-refractivity contribution >= 4 is 0 Å². The molecule has 3 N–H and O–H groups in total. The molecule has 2 aliphatic rings. The lowest BCUT2D eigenvalue weighted by Crippen LogP contribution is -2.47. The number of rotatable bonds is 3. The van der Waals surface area contributed by atoms with E-state index in [0.29, 0.717) is 24.6 Å². The topological polar surface area (TPSA) is 49.5 Å². The Kier molecular flexibility index (Phi) is 4.62. The third-order valence-electron chi connectivity index (χ3n) is 4.48. The second-order valence-electron chi connectivity index (χ2n) is 5.42. The van der Waals surface area contributed by atoms with Crippen LogP contribution >= 0.6 is 0 Å². The molecule has 1 heterocycles. The number of aliphatic hydroxyl groups excluding tert-OH is 1. The fourth-order valence-corrected chi connectivity index (χ4v) is 3.56. The molecule has 0 bridgehead atoms. The van der Waals surface area contributed by atoms with E-state index in [2.05, 4.69) is 4.90 Å². The van der Waals surface area contributed by atoms with Gasteiger partial charge in [-0.05, 0) is 44.7 Å². The lowest BCUT2D eigenvalue weighted by Gasteiger charge is -2.37. The second-order valence-corrected chi connectivity index (χ2v) is 5.42. The molecule has 3 nitrogen and oxygen atoms in total. The lowest BCUT2D eigenvalue weighted by molar-refractivity contribution is 0.0687. The van der Waals surface area contributed by atoms with Crippen LogP contribution < -0.4 is 5.73 Å². The van der Waals surface area contributed by atoms with Crippen molar-refractivity contribution in [3.8, 4) is 0 Å². The van der Waals surface area contributed by atoms with E-state index in [1.807, 2.05) is 0 Å². The SMILES string of the molecule is NCC1CCCC1N1CCCCCC1CO. The van der Waals surface area contributed by atoms with Gasteiger partial charge in [-0.15, -0.1) is 0 Å². The monoisotopic (exact) mass is 226 g/mol. The van der Waals surface area contributed by atoms with Crippen LogP contribution in [0.4, 0.5) is 0 Å². The van der Waals surface area contributed by atoms with E-state index in [-0.39, 0.29) is 0 Å².